The van der Waals surface area contributed by atoms with Crippen LogP contribution >= 0.6 is 11.6 Å². The highest BCUT2D eigenvalue weighted by Crippen LogP contribution is 2.25. The van der Waals surface area contributed by atoms with Gasteiger partial charge in [0.2, 0.25) is 0 Å². The summed E-state index contributed by atoms with van der Waals surface area (Å²) >= 11 is 4.84. The molecule has 0 aliphatic carbocycles. The van der Waals surface area contributed by atoms with E-state index in [1.807, 2.05) is 45.0 Å². The van der Waals surface area contributed by atoms with Crippen molar-refractivity contribution in [3.8, 4) is 0 Å². The normalized spacial score (nSPS) is 19.0. The number of benzene rings is 1. The topological polar surface area (TPSA) is 77.7 Å². The van der Waals surface area contributed by atoms with Crippen molar-refractivity contribution in [3.05, 3.63) is 65.5 Å². The molecular formula is C20H27ClN6OS. The summed E-state index contributed by atoms with van der Waals surface area (Å²) in [4.78, 5) is 6.77. The van der Waals surface area contributed by atoms with Gasteiger partial charge < -0.3 is 10.3 Å². The van der Waals surface area contributed by atoms with Crippen LogP contribution in [0.1, 0.15) is 18.2 Å². The number of pyridine rings is 1. The molecule has 29 heavy (non-hydrogen) atoms. The fourth-order valence-corrected chi connectivity index (χ4v) is 4.67. The van der Waals surface area contributed by atoms with Gasteiger partial charge in [0.25, 0.3) is 0 Å². The lowest BCUT2D eigenvalue weighted by Crippen LogP contribution is -2.53. The van der Waals surface area contributed by atoms with Gasteiger partial charge in [-0.15, -0.1) is 0 Å². The Morgan fingerprint density at radius 2 is 2.21 bits per heavy atom. The summed E-state index contributed by atoms with van der Waals surface area (Å²) in [6.07, 6.45) is 1.70. The van der Waals surface area contributed by atoms with Crippen molar-refractivity contribution in [1.82, 2.24) is 19.6 Å². The van der Waals surface area contributed by atoms with E-state index < -0.39 is 11.2 Å². The van der Waals surface area contributed by atoms with E-state index in [1.165, 1.54) is 0 Å². The number of hydrogen-bond donors (Lipinski definition) is 2. The molecule has 2 atom stereocenters. The number of hydrogen-bond acceptors (Lipinski definition) is 5. The van der Waals surface area contributed by atoms with Gasteiger partial charge in [-0.05, 0) is 44.3 Å². The number of nitrogens with one attached hydrogen (secondary N) is 1. The zero-order chi connectivity index (χ0) is 21.0. The number of likely N-dealkylation sites (N-methyl/N-ethyl adjacent to an activating group) is 1. The molecule has 9 heteroatoms. The molecule has 3 rings (SSSR count). The first-order valence-corrected chi connectivity index (χ1v) is 10.8. The summed E-state index contributed by atoms with van der Waals surface area (Å²) in [7, 11) is 2.09. The van der Waals surface area contributed by atoms with E-state index in [-0.39, 0.29) is 0 Å². The number of piperazine rings is 1. The molecule has 1 saturated heterocycles. The van der Waals surface area contributed by atoms with Gasteiger partial charge in [-0.25, -0.2) is 8.51 Å². The van der Waals surface area contributed by atoms with Gasteiger partial charge in [0.15, 0.2) is 11.2 Å². The Balaban J connectivity index is 1.85. The Kier molecular flexibility index (Phi) is 7.26. The van der Waals surface area contributed by atoms with Gasteiger partial charge in [-0.3, -0.25) is 15.1 Å². The SMILES string of the molecule is C=C(NN)c1ccc(CN(c2cccc(Cl)c2)S(=O)N2CCN(C)C(C)C2)nc1. The van der Waals surface area contributed by atoms with Crippen LogP contribution in [0.5, 0.6) is 0 Å². The van der Waals surface area contributed by atoms with E-state index in [4.69, 9.17) is 17.4 Å². The van der Waals surface area contributed by atoms with Crippen LogP contribution in [-0.4, -0.2) is 51.1 Å². The predicted octanol–water partition coefficient (Wildman–Crippen LogP) is 2.39. The molecule has 0 radical (unpaired) electrons. The first kappa shape index (κ1) is 21.7. The van der Waals surface area contributed by atoms with Crippen LogP contribution in [-0.2, 0) is 17.7 Å². The maximum Gasteiger partial charge on any atom is 0.199 e. The zero-order valence-electron chi connectivity index (χ0n) is 16.7. The second-order valence-corrected chi connectivity index (χ2v) is 8.98. The highest BCUT2D eigenvalue weighted by molar-refractivity contribution is 7.84. The molecule has 1 aromatic heterocycles. The highest BCUT2D eigenvalue weighted by Gasteiger charge is 2.28. The Morgan fingerprint density at radius 1 is 1.41 bits per heavy atom. The zero-order valence-corrected chi connectivity index (χ0v) is 18.3. The number of anilines is 1. The average Bonchev–Trinajstić information content (AvgIpc) is 2.73. The maximum atomic E-state index is 13.5. The first-order valence-electron chi connectivity index (χ1n) is 9.40. The van der Waals surface area contributed by atoms with Crippen molar-refractivity contribution in [2.75, 3.05) is 31.0 Å². The molecule has 0 spiro atoms. The number of aromatic nitrogens is 1. The van der Waals surface area contributed by atoms with Crippen LogP contribution in [0.3, 0.4) is 0 Å². The maximum absolute atomic E-state index is 13.5. The third-order valence-electron chi connectivity index (χ3n) is 5.08. The lowest BCUT2D eigenvalue weighted by molar-refractivity contribution is 0.163. The Bertz CT molecular complexity index is 878. The van der Waals surface area contributed by atoms with Crippen LogP contribution in [0.25, 0.3) is 5.70 Å². The minimum Gasteiger partial charge on any atom is -0.324 e. The Labute approximate surface area is 179 Å². The van der Waals surface area contributed by atoms with Gasteiger partial charge in [-0.2, -0.15) is 0 Å². The number of nitrogens with zero attached hydrogens (tertiary/aromatic N) is 4. The monoisotopic (exact) mass is 434 g/mol. The van der Waals surface area contributed by atoms with E-state index in [1.54, 1.807) is 6.20 Å². The van der Waals surface area contributed by atoms with E-state index in [0.29, 0.717) is 23.3 Å². The Hall–Kier alpha value is -1.97. The molecule has 2 heterocycles. The van der Waals surface area contributed by atoms with Crippen molar-refractivity contribution in [2.24, 2.45) is 5.84 Å². The van der Waals surface area contributed by atoms with Crippen LogP contribution in [0.4, 0.5) is 5.69 Å². The standard InChI is InChI=1S/C20H27ClN6OS/c1-15-13-26(10-9-25(15)3)29(28)27(20-6-4-5-18(21)11-20)14-19-8-7-17(12-23-19)16(2)24-22/h4-8,11-12,15,24H,2,9-10,13-14,22H2,1,3H3. The molecule has 1 aliphatic heterocycles. The quantitative estimate of drug-likeness (QED) is 0.516. The second-order valence-electron chi connectivity index (χ2n) is 7.13. The molecular weight excluding hydrogens is 408 g/mol. The van der Waals surface area contributed by atoms with Crippen LogP contribution in [0.2, 0.25) is 5.02 Å². The summed E-state index contributed by atoms with van der Waals surface area (Å²) in [6, 6.07) is 11.5. The first-order chi connectivity index (χ1) is 13.9. The van der Waals surface area contributed by atoms with Crippen LogP contribution in [0.15, 0.2) is 49.2 Å². The molecule has 1 aromatic carbocycles. The molecule has 0 amide bonds. The fourth-order valence-electron chi connectivity index (χ4n) is 3.09. The molecule has 1 fully saturated rings. The highest BCUT2D eigenvalue weighted by atomic mass is 35.5. The molecule has 0 bridgehead atoms. The molecule has 2 aromatic rings. The van der Waals surface area contributed by atoms with Gasteiger partial charge in [0.1, 0.15) is 0 Å². The fraction of sp³-hybridized carbons (Fsp3) is 0.350. The average molecular weight is 435 g/mol. The van der Waals surface area contributed by atoms with E-state index in [9.17, 15) is 4.21 Å². The summed E-state index contributed by atoms with van der Waals surface area (Å²) < 4.78 is 17.4. The van der Waals surface area contributed by atoms with Gasteiger partial charge in [-0.1, -0.05) is 24.2 Å². The predicted molar refractivity (Wildman–Crippen MR) is 120 cm³/mol. The van der Waals surface area contributed by atoms with E-state index in [0.717, 1.165) is 36.6 Å². The van der Waals surface area contributed by atoms with Gasteiger partial charge in [0, 0.05) is 42.5 Å². The Morgan fingerprint density at radius 3 is 2.83 bits per heavy atom. The van der Waals surface area contributed by atoms with Crippen molar-refractivity contribution < 1.29 is 4.21 Å². The van der Waals surface area contributed by atoms with E-state index >= 15 is 0 Å². The molecule has 3 N–H and O–H groups in total. The molecule has 156 valence electrons. The third-order valence-corrected chi connectivity index (χ3v) is 6.81. The van der Waals surface area contributed by atoms with Crippen LogP contribution < -0.4 is 15.6 Å². The number of rotatable bonds is 7. The number of hydrazine groups is 1. The minimum absolute atomic E-state index is 0.334. The molecule has 1 aliphatic rings. The van der Waals surface area contributed by atoms with Gasteiger partial charge in [0.05, 0.1) is 23.6 Å². The number of nitrogens with two attached hydrogens (primary N) is 1. The summed E-state index contributed by atoms with van der Waals surface area (Å²) in [6.45, 7) is 8.70. The van der Waals surface area contributed by atoms with Gasteiger partial charge >= 0.3 is 0 Å². The van der Waals surface area contributed by atoms with Crippen molar-refractivity contribution in [3.63, 3.8) is 0 Å². The summed E-state index contributed by atoms with van der Waals surface area (Å²) in [5.41, 5.74) is 5.50. The summed E-state index contributed by atoms with van der Waals surface area (Å²) in [5.74, 6) is 5.41. The van der Waals surface area contributed by atoms with E-state index in [2.05, 4.69) is 35.9 Å². The lowest BCUT2D eigenvalue weighted by atomic mass is 10.2. The summed E-state index contributed by atoms with van der Waals surface area (Å²) in [5, 5.41) is 0.602. The van der Waals surface area contributed by atoms with Crippen molar-refractivity contribution in [2.45, 2.75) is 19.5 Å². The molecule has 2 unspecified atom stereocenters. The van der Waals surface area contributed by atoms with Crippen molar-refractivity contribution in [1.29, 1.82) is 0 Å². The molecule has 0 saturated carbocycles. The van der Waals surface area contributed by atoms with Crippen LogP contribution in [0, 0.1) is 0 Å². The largest absolute Gasteiger partial charge is 0.324 e. The lowest BCUT2D eigenvalue weighted by Gasteiger charge is -2.39. The number of halogens is 1. The molecule has 7 nitrogen and oxygen atoms in total. The second kappa shape index (κ2) is 9.69. The van der Waals surface area contributed by atoms with Crippen molar-refractivity contribution >= 4 is 34.2 Å². The smallest absolute Gasteiger partial charge is 0.199 e. The third kappa shape index (κ3) is 5.34. The minimum atomic E-state index is -1.36.